The summed E-state index contributed by atoms with van der Waals surface area (Å²) in [7, 11) is 0. The van der Waals surface area contributed by atoms with Gasteiger partial charge < -0.3 is 0 Å². The van der Waals surface area contributed by atoms with Gasteiger partial charge in [-0.2, -0.15) is 0 Å². The lowest BCUT2D eigenvalue weighted by Crippen LogP contribution is -1.92. The van der Waals surface area contributed by atoms with E-state index in [0.29, 0.717) is 6.42 Å². The Labute approximate surface area is 67.1 Å². The Bertz CT molecular complexity index is 240. The normalized spacial score (nSPS) is 14.2. The highest BCUT2D eigenvalue weighted by atomic mass is 16.1. The topological polar surface area (TPSA) is 17.1 Å². The second-order valence-electron chi connectivity index (χ2n) is 2.83. The van der Waals surface area contributed by atoms with Gasteiger partial charge in [0.25, 0.3) is 0 Å². The number of carbonyl (C=O) groups excluding carboxylic acids is 1. The van der Waals surface area contributed by atoms with Crippen molar-refractivity contribution in [2.24, 2.45) is 0 Å². The Morgan fingerprint density at radius 1 is 1.27 bits per heavy atom. The summed E-state index contributed by atoms with van der Waals surface area (Å²) >= 11 is 0. The van der Waals surface area contributed by atoms with Crippen LogP contribution in [0.25, 0.3) is 0 Å². The second kappa shape index (κ2) is 3.33. The van der Waals surface area contributed by atoms with Crippen LogP contribution in [-0.4, -0.2) is 5.78 Å². The van der Waals surface area contributed by atoms with Gasteiger partial charge in [-0.15, -0.1) is 0 Å². The molecule has 0 amide bonds. The molecule has 0 saturated carbocycles. The van der Waals surface area contributed by atoms with Gasteiger partial charge >= 0.3 is 0 Å². The zero-order valence-electron chi connectivity index (χ0n) is 6.92. The molecule has 1 rings (SSSR count). The summed E-state index contributed by atoms with van der Waals surface area (Å²) in [4.78, 5) is 10.7. The Balaban J connectivity index is 2.71. The molecule has 1 nitrogen and oxygen atoms in total. The van der Waals surface area contributed by atoms with Gasteiger partial charge in [0.2, 0.25) is 0 Å². The summed E-state index contributed by atoms with van der Waals surface area (Å²) in [5.41, 5.74) is 2.34. The molecule has 0 N–H and O–H groups in total. The smallest absolute Gasteiger partial charge is 0.133 e. The third-order valence-corrected chi connectivity index (χ3v) is 1.67. The van der Waals surface area contributed by atoms with Gasteiger partial charge in [0.05, 0.1) is 0 Å². The van der Waals surface area contributed by atoms with E-state index in [1.807, 2.05) is 31.2 Å². The van der Waals surface area contributed by atoms with Crippen molar-refractivity contribution in [3.63, 3.8) is 0 Å². The van der Waals surface area contributed by atoms with E-state index >= 15 is 0 Å². The minimum atomic E-state index is 0.226. The molecule has 0 aromatic heterocycles. The van der Waals surface area contributed by atoms with Crippen LogP contribution in [0.5, 0.6) is 0 Å². The van der Waals surface area contributed by atoms with Gasteiger partial charge in [0.1, 0.15) is 5.78 Å². The summed E-state index contributed by atoms with van der Waals surface area (Å²) in [6.07, 6.45) is 8.60. The first kappa shape index (κ1) is 7.99. The van der Waals surface area contributed by atoms with Gasteiger partial charge in [-0.3, -0.25) is 4.79 Å². The lowest BCUT2D eigenvalue weighted by molar-refractivity contribution is -0.116. The van der Waals surface area contributed by atoms with Crippen LogP contribution in [0.4, 0.5) is 0 Å². The minimum absolute atomic E-state index is 0.226. The summed E-state index contributed by atoms with van der Waals surface area (Å²) < 4.78 is 0. The molecule has 0 aromatic carbocycles. The second-order valence-corrected chi connectivity index (χ2v) is 2.83. The Morgan fingerprint density at radius 3 is 2.27 bits per heavy atom. The molecule has 0 spiro atoms. The minimum Gasteiger partial charge on any atom is -0.300 e. The zero-order chi connectivity index (χ0) is 8.27. The highest BCUT2D eigenvalue weighted by Crippen LogP contribution is 2.15. The quantitative estimate of drug-likeness (QED) is 0.587. The van der Waals surface area contributed by atoms with Crippen LogP contribution in [0, 0.1) is 0 Å². The zero-order valence-corrected chi connectivity index (χ0v) is 6.92. The van der Waals surface area contributed by atoms with E-state index in [4.69, 9.17) is 0 Å². The molecule has 0 fully saturated rings. The van der Waals surface area contributed by atoms with E-state index < -0.39 is 0 Å². The molecular weight excluding hydrogens is 136 g/mol. The first-order chi connectivity index (χ1) is 5.20. The van der Waals surface area contributed by atoms with Gasteiger partial charge in [0, 0.05) is 6.42 Å². The van der Waals surface area contributed by atoms with Crippen molar-refractivity contribution >= 4 is 5.78 Å². The molecule has 58 valence electrons. The van der Waals surface area contributed by atoms with Crippen molar-refractivity contribution in [1.29, 1.82) is 0 Å². The highest BCUT2D eigenvalue weighted by Gasteiger charge is 2.00. The number of ketones is 1. The van der Waals surface area contributed by atoms with Crippen LogP contribution in [0.3, 0.4) is 0 Å². The highest BCUT2D eigenvalue weighted by molar-refractivity contribution is 5.78. The fourth-order valence-electron chi connectivity index (χ4n) is 1.13. The molecule has 0 atom stereocenters. The Morgan fingerprint density at radius 2 is 1.82 bits per heavy atom. The molecule has 1 aliphatic carbocycles. The lowest BCUT2D eigenvalue weighted by atomic mass is 10.1. The SMILES string of the molecule is CC(=O)CC(C)=C1C=CC=C1. The largest absolute Gasteiger partial charge is 0.300 e. The van der Waals surface area contributed by atoms with Crippen molar-refractivity contribution < 1.29 is 4.79 Å². The van der Waals surface area contributed by atoms with E-state index in [1.165, 1.54) is 5.57 Å². The van der Waals surface area contributed by atoms with E-state index in [2.05, 4.69) is 0 Å². The third-order valence-electron chi connectivity index (χ3n) is 1.67. The van der Waals surface area contributed by atoms with Gasteiger partial charge in [0.15, 0.2) is 0 Å². The molecule has 0 saturated heterocycles. The van der Waals surface area contributed by atoms with Crippen molar-refractivity contribution in [3.05, 3.63) is 35.5 Å². The number of carbonyl (C=O) groups is 1. The standard InChI is InChI=1S/C10H12O/c1-8(7-9(2)11)10-5-3-4-6-10/h3-6H,7H2,1-2H3. The molecule has 0 bridgehead atoms. The summed E-state index contributed by atoms with van der Waals surface area (Å²) in [5, 5.41) is 0. The van der Waals surface area contributed by atoms with Crippen molar-refractivity contribution in [1.82, 2.24) is 0 Å². The predicted molar refractivity (Wildman–Crippen MR) is 46.3 cm³/mol. The molecule has 0 radical (unpaired) electrons. The van der Waals surface area contributed by atoms with Gasteiger partial charge in [-0.1, -0.05) is 29.9 Å². The Kier molecular flexibility index (Phi) is 2.42. The number of rotatable bonds is 2. The van der Waals surface area contributed by atoms with Crippen molar-refractivity contribution in [2.75, 3.05) is 0 Å². The Hall–Kier alpha value is -1.11. The molecule has 1 heteroatoms. The van der Waals surface area contributed by atoms with Crippen molar-refractivity contribution in [3.8, 4) is 0 Å². The molecule has 11 heavy (non-hydrogen) atoms. The fraction of sp³-hybridized carbons (Fsp3) is 0.300. The van der Waals surface area contributed by atoms with Gasteiger partial charge in [-0.05, 0) is 19.4 Å². The monoisotopic (exact) mass is 148 g/mol. The van der Waals surface area contributed by atoms with E-state index in [-0.39, 0.29) is 5.78 Å². The van der Waals surface area contributed by atoms with E-state index in [9.17, 15) is 4.79 Å². The van der Waals surface area contributed by atoms with Crippen LogP contribution in [0.15, 0.2) is 35.5 Å². The molecule has 0 aromatic rings. The molecule has 0 unspecified atom stereocenters. The maximum Gasteiger partial charge on any atom is 0.133 e. The van der Waals surface area contributed by atoms with Gasteiger partial charge in [-0.25, -0.2) is 0 Å². The molecule has 0 heterocycles. The maximum absolute atomic E-state index is 10.7. The number of hydrogen-bond donors (Lipinski definition) is 0. The molecular formula is C10H12O. The summed E-state index contributed by atoms with van der Waals surface area (Å²) in [5.74, 6) is 0.226. The predicted octanol–water partition coefficient (Wildman–Crippen LogP) is 2.41. The van der Waals surface area contributed by atoms with Crippen LogP contribution in [0.1, 0.15) is 20.3 Å². The first-order valence-electron chi connectivity index (χ1n) is 3.74. The van der Waals surface area contributed by atoms with Crippen LogP contribution in [-0.2, 0) is 4.79 Å². The van der Waals surface area contributed by atoms with Crippen molar-refractivity contribution in [2.45, 2.75) is 20.3 Å². The third kappa shape index (κ3) is 2.19. The van der Waals surface area contributed by atoms with E-state index in [0.717, 1.165) is 5.57 Å². The molecule has 0 aliphatic heterocycles. The number of hydrogen-bond acceptors (Lipinski definition) is 1. The van der Waals surface area contributed by atoms with Crippen LogP contribution in [0.2, 0.25) is 0 Å². The fourth-order valence-corrected chi connectivity index (χ4v) is 1.13. The number of Topliss-reactive ketones (excluding diaryl/α,β-unsaturated/α-hetero) is 1. The maximum atomic E-state index is 10.7. The molecule has 1 aliphatic rings. The lowest BCUT2D eigenvalue weighted by Gasteiger charge is -1.98. The summed E-state index contributed by atoms with van der Waals surface area (Å²) in [6, 6.07) is 0. The average molecular weight is 148 g/mol. The first-order valence-corrected chi connectivity index (χ1v) is 3.74. The summed E-state index contributed by atoms with van der Waals surface area (Å²) in [6.45, 7) is 3.61. The van der Waals surface area contributed by atoms with E-state index in [1.54, 1.807) is 6.92 Å². The average Bonchev–Trinajstić information content (AvgIpc) is 2.35. The van der Waals surface area contributed by atoms with Crippen LogP contribution >= 0.6 is 0 Å². The number of allylic oxidation sites excluding steroid dienone is 6. The van der Waals surface area contributed by atoms with Crippen LogP contribution < -0.4 is 0 Å².